The van der Waals surface area contributed by atoms with Crippen molar-refractivity contribution in [1.29, 1.82) is 0 Å². The molecule has 1 aromatic carbocycles. The Morgan fingerprint density at radius 1 is 1.43 bits per heavy atom. The van der Waals surface area contributed by atoms with Gasteiger partial charge in [0.25, 0.3) is 0 Å². The number of hydrogen-bond acceptors (Lipinski definition) is 3. The Hall–Kier alpha value is -2.37. The van der Waals surface area contributed by atoms with E-state index in [-0.39, 0.29) is 12.3 Å². The van der Waals surface area contributed by atoms with Gasteiger partial charge in [-0.1, -0.05) is 12.5 Å². The van der Waals surface area contributed by atoms with E-state index < -0.39 is 11.4 Å². The Kier molecular flexibility index (Phi) is 3.16. The lowest BCUT2D eigenvalue weighted by molar-refractivity contribution is -0.157. The van der Waals surface area contributed by atoms with Gasteiger partial charge < -0.3 is 10.4 Å². The first-order chi connectivity index (χ1) is 10.0. The maximum Gasteiger partial charge on any atom is 0.310 e. The molecular formula is C15H17N3O3. The molecule has 6 nitrogen and oxygen atoms in total. The van der Waals surface area contributed by atoms with Crippen molar-refractivity contribution < 1.29 is 14.7 Å². The largest absolute Gasteiger partial charge is 0.481 e. The maximum absolute atomic E-state index is 12.2. The molecule has 110 valence electrons. The van der Waals surface area contributed by atoms with Gasteiger partial charge in [-0.3, -0.25) is 14.3 Å². The van der Waals surface area contributed by atoms with Crippen LogP contribution in [0.3, 0.4) is 0 Å². The number of aliphatic carboxylic acids is 1. The van der Waals surface area contributed by atoms with Gasteiger partial charge in [-0.15, -0.1) is 0 Å². The van der Waals surface area contributed by atoms with Crippen LogP contribution < -0.4 is 5.32 Å². The molecule has 6 heteroatoms. The van der Waals surface area contributed by atoms with Crippen molar-refractivity contribution in [3.05, 3.63) is 24.4 Å². The third kappa shape index (κ3) is 2.26. The predicted octanol–water partition coefficient (Wildman–Crippen LogP) is 2.16. The molecule has 1 heterocycles. The second-order valence-electron chi connectivity index (χ2n) is 5.67. The number of anilines is 1. The third-order valence-electron chi connectivity index (χ3n) is 4.33. The van der Waals surface area contributed by atoms with E-state index >= 15 is 0 Å². The predicted molar refractivity (Wildman–Crippen MR) is 77.9 cm³/mol. The Morgan fingerprint density at radius 3 is 2.81 bits per heavy atom. The molecule has 1 aromatic heterocycles. The lowest BCUT2D eigenvalue weighted by Gasteiger charge is -2.36. The highest BCUT2D eigenvalue weighted by atomic mass is 16.4. The molecule has 2 aromatic rings. The molecule has 0 aliphatic heterocycles. The summed E-state index contributed by atoms with van der Waals surface area (Å²) in [6.45, 7) is 0. The number of nitrogens with one attached hydrogen (secondary N) is 1. The van der Waals surface area contributed by atoms with Gasteiger partial charge in [-0.05, 0) is 25.0 Å². The number of carboxylic acids is 1. The lowest BCUT2D eigenvalue weighted by atomic mass is 9.66. The summed E-state index contributed by atoms with van der Waals surface area (Å²) in [5.74, 6) is -1.13. The van der Waals surface area contributed by atoms with Crippen molar-refractivity contribution in [2.75, 3.05) is 5.32 Å². The topological polar surface area (TPSA) is 84.2 Å². The van der Waals surface area contributed by atoms with Crippen LogP contribution in [0.1, 0.15) is 25.7 Å². The summed E-state index contributed by atoms with van der Waals surface area (Å²) in [7, 11) is 1.84. The minimum Gasteiger partial charge on any atom is -0.481 e. The smallest absolute Gasteiger partial charge is 0.310 e. The molecule has 1 fully saturated rings. The number of carbonyl (C=O) groups excluding carboxylic acids is 1. The van der Waals surface area contributed by atoms with Crippen LogP contribution in [0.2, 0.25) is 0 Å². The molecule has 0 atom stereocenters. The van der Waals surface area contributed by atoms with E-state index in [0.717, 1.165) is 17.3 Å². The number of fused-ring (bicyclic) bond motifs is 1. The molecule has 2 N–H and O–H groups in total. The first-order valence-corrected chi connectivity index (χ1v) is 6.96. The summed E-state index contributed by atoms with van der Waals surface area (Å²) in [5, 5.41) is 17.1. The standard InChI is InChI=1S/C15H17N3O3/c1-18-12-5-2-4-11(10(12)9-16-18)17-13(19)8-15(14(20)21)6-3-7-15/h2,4-5,9H,3,6-8H2,1H3,(H,17,19)(H,20,21). The first-order valence-electron chi connectivity index (χ1n) is 6.96. The fraction of sp³-hybridized carbons (Fsp3) is 0.400. The third-order valence-corrected chi connectivity index (χ3v) is 4.33. The van der Waals surface area contributed by atoms with Gasteiger partial charge >= 0.3 is 5.97 Å². The zero-order chi connectivity index (χ0) is 15.0. The number of aromatic nitrogens is 2. The van der Waals surface area contributed by atoms with E-state index in [4.69, 9.17) is 0 Å². The number of carbonyl (C=O) groups is 2. The minimum absolute atomic E-state index is 0.0268. The molecule has 3 rings (SSSR count). The summed E-state index contributed by atoms with van der Waals surface area (Å²) < 4.78 is 1.73. The van der Waals surface area contributed by atoms with Crippen molar-refractivity contribution in [3.8, 4) is 0 Å². The van der Waals surface area contributed by atoms with Gasteiger partial charge in [-0.25, -0.2) is 0 Å². The van der Waals surface area contributed by atoms with Gasteiger partial charge in [0.15, 0.2) is 0 Å². The monoisotopic (exact) mass is 287 g/mol. The molecule has 21 heavy (non-hydrogen) atoms. The highest BCUT2D eigenvalue weighted by Gasteiger charge is 2.45. The summed E-state index contributed by atoms with van der Waals surface area (Å²) in [4.78, 5) is 23.5. The van der Waals surface area contributed by atoms with Crippen molar-refractivity contribution >= 4 is 28.5 Å². The highest BCUT2D eigenvalue weighted by molar-refractivity contribution is 6.02. The van der Waals surface area contributed by atoms with E-state index in [2.05, 4.69) is 10.4 Å². The fourth-order valence-corrected chi connectivity index (χ4v) is 2.86. The normalized spacial score (nSPS) is 16.4. The first kappa shape index (κ1) is 13.6. The molecule has 0 radical (unpaired) electrons. The van der Waals surface area contributed by atoms with E-state index in [9.17, 15) is 14.7 Å². The van der Waals surface area contributed by atoms with Crippen molar-refractivity contribution in [2.45, 2.75) is 25.7 Å². The molecule has 0 unspecified atom stereocenters. The molecule has 0 spiro atoms. The van der Waals surface area contributed by atoms with Crippen molar-refractivity contribution in [3.63, 3.8) is 0 Å². The van der Waals surface area contributed by atoms with Crippen molar-refractivity contribution in [1.82, 2.24) is 9.78 Å². The van der Waals surface area contributed by atoms with Crippen LogP contribution in [0.15, 0.2) is 24.4 Å². The molecule has 1 aliphatic rings. The Bertz CT molecular complexity index is 716. The molecule has 1 aliphatic carbocycles. The number of benzene rings is 1. The summed E-state index contributed by atoms with van der Waals surface area (Å²) in [6.07, 6.45) is 3.75. The second-order valence-corrected chi connectivity index (χ2v) is 5.67. The number of rotatable bonds is 4. The van der Waals surface area contributed by atoms with Crippen LogP contribution in [-0.4, -0.2) is 26.8 Å². The van der Waals surface area contributed by atoms with Crippen LogP contribution in [-0.2, 0) is 16.6 Å². The van der Waals surface area contributed by atoms with E-state index in [1.807, 2.05) is 19.2 Å². The number of hydrogen-bond donors (Lipinski definition) is 2. The zero-order valence-corrected chi connectivity index (χ0v) is 11.8. The van der Waals surface area contributed by atoms with E-state index in [1.54, 1.807) is 16.9 Å². The number of aryl methyl sites for hydroxylation is 1. The summed E-state index contributed by atoms with van der Waals surface area (Å²) >= 11 is 0. The Labute approximate surface area is 121 Å². The van der Waals surface area contributed by atoms with Gasteiger partial charge in [0.05, 0.1) is 22.8 Å². The number of carboxylic acid groups (broad SMARTS) is 1. The molecule has 1 amide bonds. The summed E-state index contributed by atoms with van der Waals surface area (Å²) in [6, 6.07) is 5.56. The van der Waals surface area contributed by atoms with Crippen LogP contribution in [0.5, 0.6) is 0 Å². The maximum atomic E-state index is 12.2. The average Bonchev–Trinajstić information content (AvgIpc) is 2.77. The van der Waals surface area contributed by atoms with Gasteiger partial charge in [0.2, 0.25) is 5.91 Å². The Morgan fingerprint density at radius 2 is 2.19 bits per heavy atom. The van der Waals surface area contributed by atoms with Gasteiger partial charge in [-0.2, -0.15) is 5.10 Å². The van der Waals surface area contributed by atoms with Crippen LogP contribution in [0.25, 0.3) is 10.9 Å². The van der Waals surface area contributed by atoms with Crippen LogP contribution >= 0.6 is 0 Å². The second kappa shape index (κ2) is 4.87. The van der Waals surface area contributed by atoms with E-state index in [0.29, 0.717) is 18.5 Å². The minimum atomic E-state index is -0.872. The Balaban J connectivity index is 1.79. The molecule has 0 saturated heterocycles. The fourth-order valence-electron chi connectivity index (χ4n) is 2.86. The quantitative estimate of drug-likeness (QED) is 0.902. The van der Waals surface area contributed by atoms with Gasteiger partial charge in [0, 0.05) is 18.9 Å². The number of nitrogens with zero attached hydrogens (tertiary/aromatic N) is 2. The summed E-state index contributed by atoms with van der Waals surface area (Å²) in [5.41, 5.74) is 0.724. The lowest BCUT2D eigenvalue weighted by Crippen LogP contribution is -2.41. The average molecular weight is 287 g/mol. The highest BCUT2D eigenvalue weighted by Crippen LogP contribution is 2.44. The van der Waals surface area contributed by atoms with Gasteiger partial charge in [0.1, 0.15) is 0 Å². The van der Waals surface area contributed by atoms with Crippen molar-refractivity contribution in [2.24, 2.45) is 12.5 Å². The zero-order valence-electron chi connectivity index (χ0n) is 11.8. The molecule has 1 saturated carbocycles. The molecule has 0 bridgehead atoms. The SMILES string of the molecule is Cn1ncc2c(NC(=O)CC3(C(=O)O)CCC3)cccc21. The molecular weight excluding hydrogens is 270 g/mol. The van der Waals surface area contributed by atoms with Crippen LogP contribution in [0, 0.1) is 5.41 Å². The number of amides is 1. The van der Waals surface area contributed by atoms with E-state index in [1.165, 1.54) is 0 Å². The van der Waals surface area contributed by atoms with Crippen LogP contribution in [0.4, 0.5) is 5.69 Å².